The second-order valence-electron chi connectivity index (χ2n) is 4.44. The zero-order valence-electron chi connectivity index (χ0n) is 9.06. The summed E-state index contributed by atoms with van der Waals surface area (Å²) in [5.74, 6) is 0.491. The monoisotopic (exact) mass is 308 g/mol. The fourth-order valence-electron chi connectivity index (χ4n) is 1.47. The van der Waals surface area contributed by atoms with Gasteiger partial charge in [-0.1, -0.05) is 15.9 Å². The summed E-state index contributed by atoms with van der Waals surface area (Å²) < 4.78 is 42.4. The van der Waals surface area contributed by atoms with Gasteiger partial charge in [-0.2, -0.15) is 13.2 Å². The van der Waals surface area contributed by atoms with Gasteiger partial charge in [0.25, 0.3) is 0 Å². The van der Waals surface area contributed by atoms with Crippen LogP contribution in [0.1, 0.15) is 18.4 Å². The summed E-state index contributed by atoms with van der Waals surface area (Å²) in [5, 5.41) is 0.876. The maximum atomic E-state index is 12.3. The molecular weight excluding hydrogens is 297 g/mol. The lowest BCUT2D eigenvalue weighted by atomic mass is 10.1. The van der Waals surface area contributed by atoms with E-state index in [4.69, 9.17) is 4.74 Å². The number of halogens is 4. The predicted octanol–water partition coefficient (Wildman–Crippen LogP) is 4.26. The van der Waals surface area contributed by atoms with Gasteiger partial charge >= 0.3 is 6.18 Å². The lowest BCUT2D eigenvalue weighted by Crippen LogP contribution is -2.14. The highest BCUT2D eigenvalue weighted by atomic mass is 79.9. The number of alkyl halides is 4. The van der Waals surface area contributed by atoms with Gasteiger partial charge in [0.15, 0.2) is 0 Å². The normalized spacial score (nSPS) is 17.9. The summed E-state index contributed by atoms with van der Waals surface area (Å²) in [5.41, 5.74) is -0.450. The van der Waals surface area contributed by atoms with Crippen molar-refractivity contribution in [3.63, 3.8) is 0 Å². The Labute approximate surface area is 106 Å². The van der Waals surface area contributed by atoms with Gasteiger partial charge in [-0.3, -0.25) is 0 Å². The molecule has 1 fully saturated rings. The van der Waals surface area contributed by atoms with Gasteiger partial charge in [-0.05, 0) is 37.1 Å². The molecule has 0 bridgehead atoms. The molecule has 1 aromatic carbocycles. The van der Waals surface area contributed by atoms with E-state index in [0.717, 1.165) is 30.3 Å². The minimum absolute atomic E-state index is 0.197. The molecule has 0 radical (unpaired) electrons. The Kier molecular flexibility index (Phi) is 3.39. The molecule has 0 heterocycles. The van der Waals surface area contributed by atoms with E-state index < -0.39 is 11.7 Å². The van der Waals surface area contributed by atoms with Crippen molar-refractivity contribution in [3.8, 4) is 5.75 Å². The summed E-state index contributed by atoms with van der Waals surface area (Å²) in [6.07, 6.45) is -2.07. The molecule has 2 rings (SSSR count). The Bertz CT molecular complexity index is 382. The highest BCUT2D eigenvalue weighted by molar-refractivity contribution is 9.09. The van der Waals surface area contributed by atoms with Crippen LogP contribution in [-0.4, -0.2) is 11.9 Å². The van der Waals surface area contributed by atoms with Crippen LogP contribution in [0.4, 0.5) is 13.2 Å². The molecule has 94 valence electrons. The largest absolute Gasteiger partial charge is 0.493 e. The van der Waals surface area contributed by atoms with E-state index in [1.165, 1.54) is 12.1 Å². The van der Waals surface area contributed by atoms with Crippen molar-refractivity contribution in [2.24, 2.45) is 5.41 Å². The molecule has 1 nitrogen and oxygen atoms in total. The van der Waals surface area contributed by atoms with Gasteiger partial charge < -0.3 is 4.74 Å². The Morgan fingerprint density at radius 2 is 1.76 bits per heavy atom. The van der Waals surface area contributed by atoms with Gasteiger partial charge in [-0.15, -0.1) is 0 Å². The quantitative estimate of drug-likeness (QED) is 0.755. The van der Waals surface area contributed by atoms with E-state index in [-0.39, 0.29) is 5.41 Å². The molecule has 0 spiro atoms. The highest BCUT2D eigenvalue weighted by Crippen LogP contribution is 2.47. The summed E-state index contributed by atoms with van der Waals surface area (Å²) in [6, 6.07) is 4.83. The van der Waals surface area contributed by atoms with E-state index in [0.29, 0.717) is 12.4 Å². The van der Waals surface area contributed by atoms with E-state index in [2.05, 4.69) is 15.9 Å². The van der Waals surface area contributed by atoms with Crippen LogP contribution < -0.4 is 4.74 Å². The van der Waals surface area contributed by atoms with Crippen molar-refractivity contribution < 1.29 is 17.9 Å². The lowest BCUT2D eigenvalue weighted by molar-refractivity contribution is -0.137. The van der Waals surface area contributed by atoms with E-state index in [9.17, 15) is 13.2 Å². The molecular formula is C12H12BrF3O. The van der Waals surface area contributed by atoms with Crippen molar-refractivity contribution in [2.75, 3.05) is 11.9 Å². The van der Waals surface area contributed by atoms with Crippen LogP contribution >= 0.6 is 15.9 Å². The third-order valence-corrected chi connectivity index (χ3v) is 4.16. The van der Waals surface area contributed by atoms with Crippen LogP contribution in [0.15, 0.2) is 24.3 Å². The Morgan fingerprint density at radius 3 is 2.18 bits per heavy atom. The molecule has 0 atom stereocenters. The molecule has 0 aromatic heterocycles. The van der Waals surface area contributed by atoms with Crippen molar-refractivity contribution in [1.29, 1.82) is 0 Å². The first-order valence-corrected chi connectivity index (χ1v) is 6.43. The van der Waals surface area contributed by atoms with Crippen molar-refractivity contribution >= 4 is 15.9 Å². The highest BCUT2D eigenvalue weighted by Gasteiger charge is 2.42. The maximum absolute atomic E-state index is 12.3. The molecule has 0 aliphatic heterocycles. The van der Waals surface area contributed by atoms with Gasteiger partial charge in [0.1, 0.15) is 5.75 Å². The Morgan fingerprint density at radius 1 is 1.18 bits per heavy atom. The molecule has 17 heavy (non-hydrogen) atoms. The van der Waals surface area contributed by atoms with E-state index in [1.54, 1.807) is 0 Å². The topological polar surface area (TPSA) is 9.23 Å². The smallest absolute Gasteiger partial charge is 0.416 e. The molecule has 1 aromatic rings. The molecule has 0 amide bonds. The second kappa shape index (κ2) is 4.52. The fourth-order valence-corrected chi connectivity index (χ4v) is 2.19. The van der Waals surface area contributed by atoms with Crippen molar-refractivity contribution in [1.82, 2.24) is 0 Å². The van der Waals surface area contributed by atoms with Gasteiger partial charge in [0.2, 0.25) is 0 Å². The molecule has 1 saturated carbocycles. The molecule has 0 unspecified atom stereocenters. The molecule has 5 heteroatoms. The van der Waals surface area contributed by atoms with Gasteiger partial charge in [0.05, 0.1) is 12.2 Å². The molecule has 0 saturated heterocycles. The number of hydrogen-bond acceptors (Lipinski definition) is 1. The first-order chi connectivity index (χ1) is 7.95. The maximum Gasteiger partial charge on any atom is 0.416 e. The van der Waals surface area contributed by atoms with Crippen LogP contribution in [0, 0.1) is 5.41 Å². The predicted molar refractivity (Wildman–Crippen MR) is 62.4 cm³/mol. The summed E-state index contributed by atoms with van der Waals surface area (Å²) in [4.78, 5) is 0. The van der Waals surface area contributed by atoms with Crippen LogP contribution in [0.5, 0.6) is 5.75 Å². The number of ether oxygens (including phenoxy) is 1. The second-order valence-corrected chi connectivity index (χ2v) is 5.01. The minimum Gasteiger partial charge on any atom is -0.493 e. The molecule has 0 N–H and O–H groups in total. The minimum atomic E-state index is -4.29. The number of hydrogen-bond donors (Lipinski definition) is 0. The molecule has 1 aliphatic rings. The molecule has 1 aliphatic carbocycles. The van der Waals surface area contributed by atoms with Crippen LogP contribution in [0.2, 0.25) is 0 Å². The Hall–Kier alpha value is -0.710. The SMILES string of the molecule is FC(F)(F)c1ccc(OCC2(CBr)CC2)cc1. The Balaban J connectivity index is 1.94. The zero-order chi connectivity index (χ0) is 12.5. The zero-order valence-corrected chi connectivity index (χ0v) is 10.6. The summed E-state index contributed by atoms with van der Waals surface area (Å²) >= 11 is 3.42. The average molecular weight is 309 g/mol. The third kappa shape index (κ3) is 3.15. The van der Waals surface area contributed by atoms with Gasteiger partial charge in [0, 0.05) is 10.7 Å². The van der Waals surface area contributed by atoms with Crippen LogP contribution in [0.3, 0.4) is 0 Å². The van der Waals surface area contributed by atoms with Gasteiger partial charge in [-0.25, -0.2) is 0 Å². The van der Waals surface area contributed by atoms with E-state index >= 15 is 0 Å². The first-order valence-electron chi connectivity index (χ1n) is 5.31. The van der Waals surface area contributed by atoms with Crippen LogP contribution in [-0.2, 0) is 6.18 Å². The first kappa shape index (κ1) is 12.7. The number of rotatable bonds is 4. The lowest BCUT2D eigenvalue weighted by Gasteiger charge is -2.13. The number of benzene rings is 1. The average Bonchev–Trinajstić information content (AvgIpc) is 3.06. The standard InChI is InChI=1S/C12H12BrF3O/c13-7-11(5-6-11)8-17-10-3-1-9(2-4-10)12(14,15)16/h1-4H,5-8H2. The fraction of sp³-hybridized carbons (Fsp3) is 0.500. The van der Waals surface area contributed by atoms with Crippen LogP contribution in [0.25, 0.3) is 0 Å². The van der Waals surface area contributed by atoms with Crippen molar-refractivity contribution in [3.05, 3.63) is 29.8 Å². The summed E-state index contributed by atoms with van der Waals surface area (Å²) in [7, 11) is 0. The van der Waals surface area contributed by atoms with Crippen molar-refractivity contribution in [2.45, 2.75) is 19.0 Å². The summed E-state index contributed by atoms with van der Waals surface area (Å²) in [6.45, 7) is 0.559. The van der Waals surface area contributed by atoms with E-state index in [1.807, 2.05) is 0 Å². The third-order valence-electron chi connectivity index (χ3n) is 2.97.